The van der Waals surface area contributed by atoms with Gasteiger partial charge in [-0.2, -0.15) is 5.10 Å². The van der Waals surface area contributed by atoms with Crippen molar-refractivity contribution in [1.29, 1.82) is 0 Å². The molecule has 2 saturated heterocycles. The summed E-state index contributed by atoms with van der Waals surface area (Å²) in [4.78, 5) is 22.4. The number of pyridine rings is 1. The third kappa shape index (κ3) is 5.71. The zero-order chi connectivity index (χ0) is 21.8. The fraction of sp³-hybridized carbons (Fsp3) is 0.625. The van der Waals surface area contributed by atoms with Crippen molar-refractivity contribution in [3.05, 3.63) is 47.0 Å². The van der Waals surface area contributed by atoms with E-state index in [1.54, 1.807) is 0 Å². The third-order valence-electron chi connectivity index (χ3n) is 6.91. The molecule has 0 unspecified atom stereocenters. The van der Waals surface area contributed by atoms with E-state index in [4.69, 9.17) is 0 Å². The molecule has 0 saturated carbocycles. The quantitative estimate of drug-likeness (QED) is 0.772. The van der Waals surface area contributed by atoms with E-state index in [1.807, 2.05) is 24.7 Å². The number of piperidine rings is 2. The maximum atomic E-state index is 12.6. The predicted molar refractivity (Wildman–Crippen MR) is 121 cm³/mol. The topological polar surface area (TPSA) is 66.3 Å². The molecule has 2 aromatic rings. The van der Waals surface area contributed by atoms with Crippen molar-refractivity contribution in [3.8, 4) is 0 Å². The summed E-state index contributed by atoms with van der Waals surface area (Å²) in [5.74, 6) is 0.317. The zero-order valence-corrected chi connectivity index (χ0v) is 19.2. The first kappa shape index (κ1) is 22.0. The first-order valence-corrected chi connectivity index (χ1v) is 11.6. The number of rotatable bonds is 6. The van der Waals surface area contributed by atoms with Crippen molar-refractivity contribution in [2.45, 2.75) is 58.7 Å². The summed E-state index contributed by atoms with van der Waals surface area (Å²) in [7, 11) is 1.93. The third-order valence-corrected chi connectivity index (χ3v) is 6.91. The Kier molecular flexibility index (Phi) is 7.02. The molecule has 0 atom stereocenters. The molecule has 0 radical (unpaired) electrons. The minimum Gasteiger partial charge on any atom is -0.350 e. The van der Waals surface area contributed by atoms with E-state index in [2.05, 4.69) is 50.3 Å². The lowest BCUT2D eigenvalue weighted by Gasteiger charge is -2.41. The number of hydrogen-bond acceptors (Lipinski definition) is 5. The maximum absolute atomic E-state index is 12.6. The van der Waals surface area contributed by atoms with Crippen LogP contribution in [0.15, 0.2) is 24.3 Å². The van der Waals surface area contributed by atoms with Crippen LogP contribution in [0, 0.1) is 19.8 Å². The van der Waals surface area contributed by atoms with Gasteiger partial charge in [0.2, 0.25) is 5.91 Å². The Morgan fingerprint density at radius 2 is 1.81 bits per heavy atom. The fourth-order valence-electron chi connectivity index (χ4n) is 4.93. The monoisotopic (exact) mass is 424 g/mol. The largest absolute Gasteiger partial charge is 0.350 e. The number of nitrogens with zero attached hydrogens (tertiary/aromatic N) is 5. The molecule has 0 spiro atoms. The SMILES string of the molecule is Cc1cccc(CN2CCC(N3CCC(C(=O)NCc4cc(C)n(C)n4)CC3)CC2)n1. The normalized spacial score (nSPS) is 19.6. The van der Waals surface area contributed by atoms with Crippen molar-refractivity contribution in [1.82, 2.24) is 29.9 Å². The van der Waals surface area contributed by atoms with Crippen molar-refractivity contribution in [2.24, 2.45) is 13.0 Å². The average molecular weight is 425 g/mol. The molecule has 1 amide bonds. The highest BCUT2D eigenvalue weighted by atomic mass is 16.1. The Balaban J connectivity index is 1.17. The average Bonchev–Trinajstić information content (AvgIpc) is 3.10. The number of likely N-dealkylation sites (tertiary alicyclic amines) is 2. The van der Waals surface area contributed by atoms with Gasteiger partial charge in [0.05, 0.1) is 17.9 Å². The fourth-order valence-corrected chi connectivity index (χ4v) is 4.93. The smallest absolute Gasteiger partial charge is 0.223 e. The highest BCUT2D eigenvalue weighted by molar-refractivity contribution is 5.78. The maximum Gasteiger partial charge on any atom is 0.223 e. The van der Waals surface area contributed by atoms with E-state index in [1.165, 1.54) is 18.5 Å². The summed E-state index contributed by atoms with van der Waals surface area (Å²) >= 11 is 0. The molecular formula is C24H36N6O. The molecule has 2 aromatic heterocycles. The predicted octanol–water partition coefficient (Wildman–Crippen LogP) is 2.42. The van der Waals surface area contributed by atoms with Crippen molar-refractivity contribution in [3.63, 3.8) is 0 Å². The van der Waals surface area contributed by atoms with Gasteiger partial charge in [-0.25, -0.2) is 0 Å². The lowest BCUT2D eigenvalue weighted by atomic mass is 9.92. The van der Waals surface area contributed by atoms with Gasteiger partial charge in [-0.15, -0.1) is 0 Å². The lowest BCUT2D eigenvalue weighted by molar-refractivity contribution is -0.126. The summed E-state index contributed by atoms with van der Waals surface area (Å²) in [5.41, 5.74) is 4.30. The molecule has 4 heterocycles. The van der Waals surface area contributed by atoms with Gasteiger partial charge in [-0.1, -0.05) is 6.07 Å². The van der Waals surface area contributed by atoms with Crippen LogP contribution in [0.3, 0.4) is 0 Å². The summed E-state index contributed by atoms with van der Waals surface area (Å²) < 4.78 is 1.85. The van der Waals surface area contributed by atoms with Crippen molar-refractivity contribution >= 4 is 5.91 Å². The van der Waals surface area contributed by atoms with E-state index in [-0.39, 0.29) is 11.8 Å². The van der Waals surface area contributed by atoms with Crippen LogP contribution in [0.4, 0.5) is 0 Å². The number of carbonyl (C=O) groups is 1. The Morgan fingerprint density at radius 3 is 2.45 bits per heavy atom. The van der Waals surface area contributed by atoms with Crippen LogP contribution in [-0.4, -0.2) is 62.7 Å². The number of amides is 1. The number of hydrogen-bond donors (Lipinski definition) is 1. The standard InChI is InChI=1S/C24H36N6O/c1-18-5-4-6-21(26-18)17-29-11-9-23(10-12-29)30-13-7-20(8-14-30)24(31)25-16-22-15-19(2)28(3)27-22/h4-6,15,20,23H,7-14,16-17H2,1-3H3,(H,25,31). The minimum absolute atomic E-state index is 0.133. The van der Waals surface area contributed by atoms with Gasteiger partial charge < -0.3 is 10.2 Å². The van der Waals surface area contributed by atoms with E-state index in [0.29, 0.717) is 12.6 Å². The molecule has 2 aliphatic heterocycles. The molecule has 2 aliphatic rings. The Bertz CT molecular complexity index is 858. The van der Waals surface area contributed by atoms with Crippen LogP contribution in [-0.2, 0) is 24.9 Å². The second-order valence-electron chi connectivity index (χ2n) is 9.21. The molecule has 168 valence electrons. The van der Waals surface area contributed by atoms with Crippen molar-refractivity contribution in [2.75, 3.05) is 26.2 Å². The van der Waals surface area contributed by atoms with E-state index >= 15 is 0 Å². The number of aryl methyl sites for hydroxylation is 3. The molecule has 7 nitrogen and oxygen atoms in total. The van der Waals surface area contributed by atoms with Crippen LogP contribution in [0.5, 0.6) is 0 Å². The van der Waals surface area contributed by atoms with E-state index in [0.717, 1.165) is 62.6 Å². The van der Waals surface area contributed by atoms with E-state index in [9.17, 15) is 4.79 Å². The minimum atomic E-state index is 0.133. The molecule has 2 fully saturated rings. The second-order valence-corrected chi connectivity index (χ2v) is 9.21. The summed E-state index contributed by atoms with van der Waals surface area (Å²) in [6.45, 7) is 9.88. The van der Waals surface area contributed by atoms with Gasteiger partial charge in [0, 0.05) is 50.0 Å². The van der Waals surface area contributed by atoms with Crippen LogP contribution in [0.2, 0.25) is 0 Å². The molecule has 0 bridgehead atoms. The van der Waals surface area contributed by atoms with Gasteiger partial charge in [0.25, 0.3) is 0 Å². The number of aromatic nitrogens is 3. The molecule has 0 aromatic carbocycles. The molecule has 31 heavy (non-hydrogen) atoms. The molecule has 7 heteroatoms. The highest BCUT2D eigenvalue weighted by Crippen LogP contribution is 2.24. The Hall–Kier alpha value is -2.25. The zero-order valence-electron chi connectivity index (χ0n) is 19.2. The van der Waals surface area contributed by atoms with Crippen LogP contribution >= 0.6 is 0 Å². The summed E-state index contributed by atoms with van der Waals surface area (Å²) in [6.07, 6.45) is 4.34. The summed E-state index contributed by atoms with van der Waals surface area (Å²) in [5, 5.41) is 7.51. The van der Waals surface area contributed by atoms with Gasteiger partial charge in [-0.05, 0) is 70.8 Å². The number of nitrogens with one attached hydrogen (secondary N) is 1. The van der Waals surface area contributed by atoms with Crippen LogP contribution < -0.4 is 5.32 Å². The number of carbonyl (C=O) groups excluding carboxylic acids is 1. The van der Waals surface area contributed by atoms with Crippen LogP contribution in [0.25, 0.3) is 0 Å². The first-order chi connectivity index (χ1) is 15.0. The van der Waals surface area contributed by atoms with E-state index < -0.39 is 0 Å². The van der Waals surface area contributed by atoms with Gasteiger partial charge in [-0.3, -0.25) is 19.4 Å². The molecular weight excluding hydrogens is 388 g/mol. The highest BCUT2D eigenvalue weighted by Gasteiger charge is 2.30. The lowest BCUT2D eigenvalue weighted by Crippen LogP contribution is -2.49. The molecule has 4 rings (SSSR count). The Labute approximate surface area is 185 Å². The van der Waals surface area contributed by atoms with Crippen molar-refractivity contribution < 1.29 is 4.79 Å². The molecule has 1 N–H and O–H groups in total. The second kappa shape index (κ2) is 9.92. The van der Waals surface area contributed by atoms with Gasteiger partial charge >= 0.3 is 0 Å². The van der Waals surface area contributed by atoms with Crippen LogP contribution in [0.1, 0.15) is 48.5 Å². The molecule has 0 aliphatic carbocycles. The van der Waals surface area contributed by atoms with Gasteiger partial charge in [0.1, 0.15) is 0 Å². The Morgan fingerprint density at radius 1 is 1.06 bits per heavy atom. The first-order valence-electron chi connectivity index (χ1n) is 11.6. The van der Waals surface area contributed by atoms with Gasteiger partial charge in [0.15, 0.2) is 0 Å². The summed E-state index contributed by atoms with van der Waals surface area (Å²) in [6, 6.07) is 8.97.